The van der Waals surface area contributed by atoms with Gasteiger partial charge < -0.3 is 18.6 Å². The van der Waals surface area contributed by atoms with Crippen molar-refractivity contribution in [1.29, 1.82) is 0 Å². The number of esters is 2. The van der Waals surface area contributed by atoms with Gasteiger partial charge in [0.1, 0.15) is 18.0 Å². The number of ether oxygens (including phenoxy) is 2. The minimum Gasteiger partial charge on any atom is -0.452 e. The second-order valence-electron chi connectivity index (χ2n) is 8.22. The highest BCUT2D eigenvalue weighted by Crippen LogP contribution is 2.59. The van der Waals surface area contributed by atoms with Gasteiger partial charge in [0.05, 0.1) is 0 Å². The van der Waals surface area contributed by atoms with Gasteiger partial charge in [-0.2, -0.15) is 0 Å². The van der Waals surface area contributed by atoms with Crippen LogP contribution in [0.4, 0.5) is 0 Å². The first-order valence-electron chi connectivity index (χ1n) is 9.85. The lowest BCUT2D eigenvalue weighted by Gasteiger charge is -2.36. The molecule has 6 atom stereocenters. The monoisotopic (exact) mass is 398 g/mol. The number of nitrogens with zero attached hydrogens (tertiary/aromatic N) is 4. The van der Waals surface area contributed by atoms with Crippen molar-refractivity contribution in [1.82, 2.24) is 19.1 Å². The van der Waals surface area contributed by atoms with Gasteiger partial charge in [0.2, 0.25) is 11.6 Å². The number of rotatable bonds is 4. The number of hydrogen-bond donors (Lipinski definition) is 0. The molecule has 9 heteroatoms. The quantitative estimate of drug-likeness (QED) is 0.711. The van der Waals surface area contributed by atoms with Crippen LogP contribution < -0.4 is 0 Å². The van der Waals surface area contributed by atoms with E-state index in [2.05, 4.69) is 9.97 Å². The van der Waals surface area contributed by atoms with Gasteiger partial charge in [-0.3, -0.25) is 4.79 Å². The molecular weight excluding hydrogens is 376 g/mol. The van der Waals surface area contributed by atoms with Gasteiger partial charge in [0, 0.05) is 63.1 Å². The van der Waals surface area contributed by atoms with Crippen molar-refractivity contribution in [3.8, 4) is 0 Å². The van der Waals surface area contributed by atoms with E-state index in [4.69, 9.17) is 9.47 Å². The van der Waals surface area contributed by atoms with E-state index in [1.807, 2.05) is 0 Å². The summed E-state index contributed by atoms with van der Waals surface area (Å²) in [5.74, 6) is -0.545. The number of ketones is 1. The van der Waals surface area contributed by atoms with Gasteiger partial charge in [-0.05, 0) is 18.8 Å². The van der Waals surface area contributed by atoms with E-state index in [-0.39, 0.29) is 41.1 Å². The Morgan fingerprint density at radius 2 is 1.48 bits per heavy atom. The van der Waals surface area contributed by atoms with Crippen molar-refractivity contribution >= 4 is 17.7 Å². The summed E-state index contributed by atoms with van der Waals surface area (Å²) in [4.78, 5) is 45.9. The highest BCUT2D eigenvalue weighted by Gasteiger charge is 2.64. The summed E-state index contributed by atoms with van der Waals surface area (Å²) >= 11 is 0. The molecule has 5 rings (SSSR count). The first kappa shape index (κ1) is 18.1. The molecule has 0 N–H and O–H groups in total. The van der Waals surface area contributed by atoms with Crippen molar-refractivity contribution in [3.63, 3.8) is 0 Å². The van der Waals surface area contributed by atoms with Crippen molar-refractivity contribution in [2.45, 2.75) is 31.5 Å². The average Bonchev–Trinajstić information content (AvgIpc) is 3.46. The molecule has 0 aliphatic heterocycles. The van der Waals surface area contributed by atoms with Crippen LogP contribution >= 0.6 is 0 Å². The second-order valence-corrected chi connectivity index (χ2v) is 8.22. The van der Waals surface area contributed by atoms with Crippen LogP contribution in [0, 0.1) is 23.7 Å². The molecule has 2 heterocycles. The lowest BCUT2D eigenvalue weighted by atomic mass is 9.78. The maximum Gasteiger partial charge on any atom is 0.374 e. The van der Waals surface area contributed by atoms with E-state index >= 15 is 0 Å². The van der Waals surface area contributed by atoms with Crippen LogP contribution in [0.3, 0.4) is 0 Å². The Morgan fingerprint density at radius 1 is 0.931 bits per heavy atom. The van der Waals surface area contributed by atoms with E-state index in [0.717, 1.165) is 12.8 Å². The molecule has 0 aromatic carbocycles. The Bertz CT molecular complexity index is 995. The lowest BCUT2D eigenvalue weighted by Crippen LogP contribution is -2.47. The van der Waals surface area contributed by atoms with Gasteiger partial charge in [0.15, 0.2) is 0 Å². The molecule has 0 amide bonds. The number of aryl methyl sites for hydroxylation is 2. The SMILES string of the molecule is Cn1ccnc1C(=O)OC1C2CC(C1OC(=O)c1nccn1C)C1C(=O)CCC21. The van der Waals surface area contributed by atoms with E-state index in [0.29, 0.717) is 6.42 Å². The van der Waals surface area contributed by atoms with E-state index in [9.17, 15) is 14.4 Å². The summed E-state index contributed by atoms with van der Waals surface area (Å²) in [6, 6.07) is 0. The molecule has 2 bridgehead atoms. The molecule has 2 aromatic heterocycles. The number of carbonyl (C=O) groups is 3. The van der Waals surface area contributed by atoms with Gasteiger partial charge in [-0.15, -0.1) is 0 Å². The minimum absolute atomic E-state index is 0.0137. The fourth-order valence-electron chi connectivity index (χ4n) is 5.56. The van der Waals surface area contributed by atoms with Gasteiger partial charge in [0.25, 0.3) is 0 Å². The predicted octanol–water partition coefficient (Wildman–Crippen LogP) is 1.15. The fraction of sp³-hybridized carbons (Fsp3) is 0.550. The summed E-state index contributed by atoms with van der Waals surface area (Å²) in [6.45, 7) is 0. The normalized spacial score (nSPS) is 32.4. The van der Waals surface area contributed by atoms with Crippen molar-refractivity contribution in [3.05, 3.63) is 36.4 Å². The number of imidazole rings is 2. The zero-order valence-corrected chi connectivity index (χ0v) is 16.2. The molecule has 3 aliphatic carbocycles. The molecule has 3 fully saturated rings. The number of Topliss-reactive ketones (excluding diaryl/α,β-unsaturated/α-hetero) is 1. The van der Waals surface area contributed by atoms with Crippen LogP contribution in [0.2, 0.25) is 0 Å². The molecule has 152 valence electrons. The van der Waals surface area contributed by atoms with Crippen LogP contribution in [0.15, 0.2) is 24.8 Å². The third kappa shape index (κ3) is 2.71. The van der Waals surface area contributed by atoms with Crippen molar-refractivity contribution in [2.75, 3.05) is 0 Å². The molecule has 3 aliphatic rings. The first-order chi connectivity index (χ1) is 14.0. The topological polar surface area (TPSA) is 105 Å². The van der Waals surface area contributed by atoms with E-state index < -0.39 is 24.1 Å². The smallest absolute Gasteiger partial charge is 0.374 e. The second kappa shape index (κ2) is 6.53. The third-order valence-electron chi connectivity index (χ3n) is 6.77. The third-order valence-corrected chi connectivity index (χ3v) is 6.77. The molecule has 2 aromatic rings. The molecule has 29 heavy (non-hydrogen) atoms. The molecule has 9 nitrogen and oxygen atoms in total. The molecular formula is C20H22N4O5. The van der Waals surface area contributed by atoms with Gasteiger partial charge in [-0.25, -0.2) is 19.6 Å². The fourth-order valence-corrected chi connectivity index (χ4v) is 5.56. The Kier molecular flexibility index (Phi) is 4.07. The predicted molar refractivity (Wildman–Crippen MR) is 97.6 cm³/mol. The summed E-state index contributed by atoms with van der Waals surface area (Å²) in [5.41, 5.74) is 0. The van der Waals surface area contributed by atoms with Crippen LogP contribution in [0.1, 0.15) is 40.5 Å². The summed E-state index contributed by atoms with van der Waals surface area (Å²) < 4.78 is 14.8. The average molecular weight is 398 g/mol. The van der Waals surface area contributed by atoms with Crippen LogP contribution in [0.5, 0.6) is 0 Å². The molecule has 3 saturated carbocycles. The number of carbonyl (C=O) groups excluding carboxylic acids is 3. The number of hydrogen-bond acceptors (Lipinski definition) is 7. The lowest BCUT2D eigenvalue weighted by molar-refractivity contribution is -0.127. The van der Waals surface area contributed by atoms with Gasteiger partial charge in [-0.1, -0.05) is 0 Å². The number of fused-ring (bicyclic) bond motifs is 5. The first-order valence-corrected chi connectivity index (χ1v) is 9.85. The Balaban J connectivity index is 1.42. The summed E-state index contributed by atoms with van der Waals surface area (Å²) in [5, 5.41) is 0. The van der Waals surface area contributed by atoms with E-state index in [1.165, 1.54) is 12.4 Å². The standard InChI is InChI=1S/C20H22N4O5/c1-23-7-5-21-17(23)19(26)28-15-11-9-12(14-10(11)3-4-13(14)25)16(15)29-20(27)18-22-6-8-24(18)2/h5-8,10-12,14-16H,3-4,9H2,1-2H3. The summed E-state index contributed by atoms with van der Waals surface area (Å²) in [6.07, 6.45) is 7.21. The van der Waals surface area contributed by atoms with Crippen molar-refractivity contribution < 1.29 is 23.9 Å². The molecule has 0 spiro atoms. The van der Waals surface area contributed by atoms with Crippen molar-refractivity contribution in [2.24, 2.45) is 37.8 Å². The maximum absolute atomic E-state index is 12.7. The Morgan fingerprint density at radius 3 is 2.00 bits per heavy atom. The highest BCUT2D eigenvalue weighted by molar-refractivity contribution is 5.88. The largest absolute Gasteiger partial charge is 0.452 e. The Hall–Kier alpha value is -2.97. The molecule has 6 unspecified atom stereocenters. The zero-order valence-electron chi connectivity index (χ0n) is 16.2. The molecule has 0 saturated heterocycles. The maximum atomic E-state index is 12.7. The molecule has 0 radical (unpaired) electrons. The van der Waals surface area contributed by atoms with Crippen LogP contribution in [-0.2, 0) is 28.4 Å². The minimum atomic E-state index is -0.656. The van der Waals surface area contributed by atoms with Gasteiger partial charge >= 0.3 is 11.9 Å². The summed E-state index contributed by atoms with van der Waals surface area (Å²) in [7, 11) is 3.42. The van der Waals surface area contributed by atoms with Crippen LogP contribution in [0.25, 0.3) is 0 Å². The Labute approximate surface area is 167 Å². The van der Waals surface area contributed by atoms with E-state index in [1.54, 1.807) is 35.6 Å². The number of aromatic nitrogens is 4. The van der Waals surface area contributed by atoms with Crippen LogP contribution in [-0.4, -0.2) is 49.0 Å². The zero-order chi connectivity index (χ0) is 20.3. The highest BCUT2D eigenvalue weighted by atomic mass is 16.6.